The number of anilines is 1. The maximum absolute atomic E-state index is 12.5. The van der Waals surface area contributed by atoms with Crippen LogP contribution in [-0.4, -0.2) is 23.9 Å². The quantitative estimate of drug-likeness (QED) is 0.401. The standard InChI is InChI=1S/C17H11ClN2O5S/c1-25-17(22)9-5-7-10(8-6-9)19-16(21)15-13(18)11-3-2-4-12(20(23)24)14(11)26-15/h2-8H,1H3,(H,19,21). The number of rotatable bonds is 4. The lowest BCUT2D eigenvalue weighted by Gasteiger charge is -2.05. The number of amides is 1. The summed E-state index contributed by atoms with van der Waals surface area (Å²) in [5, 5.41) is 14.4. The number of thiophene rings is 1. The van der Waals surface area contributed by atoms with E-state index in [4.69, 9.17) is 11.6 Å². The van der Waals surface area contributed by atoms with Crippen LogP contribution in [0.4, 0.5) is 11.4 Å². The van der Waals surface area contributed by atoms with Gasteiger partial charge in [0.1, 0.15) is 9.58 Å². The molecule has 0 bridgehead atoms. The Bertz CT molecular complexity index is 1030. The van der Waals surface area contributed by atoms with Gasteiger partial charge in [-0.05, 0) is 24.3 Å². The molecular weight excluding hydrogens is 380 g/mol. The van der Waals surface area contributed by atoms with E-state index >= 15 is 0 Å². The maximum atomic E-state index is 12.5. The number of hydrogen-bond acceptors (Lipinski definition) is 6. The fourth-order valence-corrected chi connectivity index (χ4v) is 3.85. The highest BCUT2D eigenvalue weighted by molar-refractivity contribution is 7.22. The van der Waals surface area contributed by atoms with E-state index in [2.05, 4.69) is 10.1 Å². The van der Waals surface area contributed by atoms with Gasteiger partial charge in [0, 0.05) is 17.1 Å². The molecule has 1 heterocycles. The third-order valence-corrected chi connectivity index (χ3v) is 5.33. The Balaban J connectivity index is 1.91. The molecule has 2 aromatic carbocycles. The van der Waals surface area contributed by atoms with E-state index < -0.39 is 16.8 Å². The van der Waals surface area contributed by atoms with Gasteiger partial charge in [0.05, 0.1) is 22.6 Å². The molecule has 1 aromatic heterocycles. The number of esters is 1. The number of benzene rings is 2. The van der Waals surface area contributed by atoms with Crippen LogP contribution in [-0.2, 0) is 4.74 Å². The number of ether oxygens (including phenoxy) is 1. The van der Waals surface area contributed by atoms with Crippen LogP contribution in [0.5, 0.6) is 0 Å². The van der Waals surface area contributed by atoms with Crippen molar-refractivity contribution in [3.8, 4) is 0 Å². The van der Waals surface area contributed by atoms with Crippen molar-refractivity contribution in [2.45, 2.75) is 0 Å². The first-order chi connectivity index (χ1) is 12.4. The molecule has 132 valence electrons. The van der Waals surface area contributed by atoms with Gasteiger partial charge in [0.15, 0.2) is 0 Å². The molecule has 0 fully saturated rings. The van der Waals surface area contributed by atoms with Gasteiger partial charge in [-0.3, -0.25) is 14.9 Å². The average molecular weight is 391 g/mol. The van der Waals surface area contributed by atoms with Crippen molar-refractivity contribution in [2.75, 3.05) is 12.4 Å². The van der Waals surface area contributed by atoms with Crippen molar-refractivity contribution in [1.29, 1.82) is 0 Å². The number of nitro benzene ring substituents is 1. The number of fused-ring (bicyclic) bond motifs is 1. The molecule has 1 N–H and O–H groups in total. The molecule has 7 nitrogen and oxygen atoms in total. The average Bonchev–Trinajstić information content (AvgIpc) is 2.98. The Hall–Kier alpha value is -2.97. The topological polar surface area (TPSA) is 98.5 Å². The van der Waals surface area contributed by atoms with Crippen molar-refractivity contribution in [1.82, 2.24) is 0 Å². The molecule has 0 radical (unpaired) electrons. The summed E-state index contributed by atoms with van der Waals surface area (Å²) in [4.78, 5) is 34.7. The molecule has 0 saturated heterocycles. The maximum Gasteiger partial charge on any atom is 0.337 e. The first kappa shape index (κ1) is 17.8. The van der Waals surface area contributed by atoms with E-state index in [-0.39, 0.29) is 15.6 Å². The summed E-state index contributed by atoms with van der Waals surface area (Å²) < 4.78 is 4.95. The lowest BCUT2D eigenvalue weighted by Crippen LogP contribution is -2.11. The van der Waals surface area contributed by atoms with Crippen LogP contribution < -0.4 is 5.32 Å². The molecule has 26 heavy (non-hydrogen) atoms. The van der Waals surface area contributed by atoms with E-state index in [9.17, 15) is 19.7 Å². The number of halogens is 1. The van der Waals surface area contributed by atoms with Crippen LogP contribution >= 0.6 is 22.9 Å². The second kappa shape index (κ2) is 7.11. The van der Waals surface area contributed by atoms with Crippen LogP contribution in [0.3, 0.4) is 0 Å². The van der Waals surface area contributed by atoms with Gasteiger partial charge in [0.2, 0.25) is 0 Å². The number of hydrogen-bond donors (Lipinski definition) is 1. The summed E-state index contributed by atoms with van der Waals surface area (Å²) in [6.45, 7) is 0. The normalized spacial score (nSPS) is 10.5. The minimum atomic E-state index is -0.512. The highest BCUT2D eigenvalue weighted by Gasteiger charge is 2.22. The Labute approximate surface area is 156 Å². The zero-order valence-corrected chi connectivity index (χ0v) is 14.9. The smallest absolute Gasteiger partial charge is 0.337 e. The number of non-ortho nitro benzene ring substituents is 1. The molecule has 0 atom stereocenters. The molecule has 0 aliphatic rings. The van der Waals surface area contributed by atoms with E-state index in [0.29, 0.717) is 21.3 Å². The van der Waals surface area contributed by atoms with Crippen LogP contribution in [0.1, 0.15) is 20.0 Å². The lowest BCUT2D eigenvalue weighted by atomic mass is 10.2. The van der Waals surface area contributed by atoms with Crippen LogP contribution in [0, 0.1) is 10.1 Å². The first-order valence-corrected chi connectivity index (χ1v) is 8.47. The molecule has 9 heteroatoms. The zero-order chi connectivity index (χ0) is 18.8. The van der Waals surface area contributed by atoms with E-state index in [1.165, 1.54) is 31.4 Å². The number of nitrogens with zero attached hydrogens (tertiary/aromatic N) is 1. The molecule has 3 rings (SSSR count). The number of nitro groups is 1. The molecule has 3 aromatic rings. The summed E-state index contributed by atoms with van der Waals surface area (Å²) in [6.07, 6.45) is 0. The second-order valence-corrected chi connectivity index (χ2v) is 6.58. The highest BCUT2D eigenvalue weighted by atomic mass is 35.5. The van der Waals surface area contributed by atoms with E-state index in [1.54, 1.807) is 18.2 Å². The second-order valence-electron chi connectivity index (χ2n) is 5.18. The SMILES string of the molecule is COC(=O)c1ccc(NC(=O)c2sc3c([N+](=O)[O-])cccc3c2Cl)cc1. The van der Waals surface area contributed by atoms with Crippen molar-refractivity contribution in [2.24, 2.45) is 0 Å². The number of carbonyl (C=O) groups excluding carboxylic acids is 2. The van der Waals surface area contributed by atoms with Gasteiger partial charge in [-0.15, -0.1) is 11.3 Å². The molecule has 0 spiro atoms. The van der Waals surface area contributed by atoms with Gasteiger partial charge in [-0.25, -0.2) is 4.79 Å². The Kier molecular flexibility index (Phi) is 4.88. The van der Waals surface area contributed by atoms with Gasteiger partial charge < -0.3 is 10.1 Å². The van der Waals surface area contributed by atoms with Crippen molar-refractivity contribution < 1.29 is 19.2 Å². The van der Waals surface area contributed by atoms with Crippen LogP contribution in [0.15, 0.2) is 42.5 Å². The van der Waals surface area contributed by atoms with Crippen molar-refractivity contribution >= 4 is 56.3 Å². The van der Waals surface area contributed by atoms with E-state index in [1.807, 2.05) is 0 Å². The largest absolute Gasteiger partial charge is 0.465 e. The van der Waals surface area contributed by atoms with Gasteiger partial charge in [-0.1, -0.05) is 23.7 Å². The summed E-state index contributed by atoms with van der Waals surface area (Å²) in [6, 6.07) is 10.6. The summed E-state index contributed by atoms with van der Waals surface area (Å²) in [7, 11) is 1.28. The van der Waals surface area contributed by atoms with Gasteiger partial charge >= 0.3 is 5.97 Å². The van der Waals surface area contributed by atoms with Crippen molar-refractivity contribution in [3.05, 3.63) is 68.0 Å². The monoisotopic (exact) mass is 390 g/mol. The highest BCUT2D eigenvalue weighted by Crippen LogP contribution is 2.40. The predicted octanol–water partition coefficient (Wildman–Crippen LogP) is 4.50. The number of nitrogens with one attached hydrogen (secondary N) is 1. The zero-order valence-electron chi connectivity index (χ0n) is 13.3. The van der Waals surface area contributed by atoms with Crippen LogP contribution in [0.25, 0.3) is 10.1 Å². The molecular formula is C17H11ClN2O5S. The molecule has 0 aliphatic heterocycles. The molecule has 0 unspecified atom stereocenters. The van der Waals surface area contributed by atoms with E-state index in [0.717, 1.165) is 11.3 Å². The number of methoxy groups -OCH3 is 1. The minimum absolute atomic E-state index is 0.101. The van der Waals surface area contributed by atoms with Gasteiger partial charge in [-0.2, -0.15) is 0 Å². The summed E-state index contributed by atoms with van der Waals surface area (Å²) in [5.74, 6) is -0.973. The predicted molar refractivity (Wildman–Crippen MR) is 99.2 cm³/mol. The fraction of sp³-hybridized carbons (Fsp3) is 0.0588. The Morgan fingerprint density at radius 1 is 1.19 bits per heavy atom. The van der Waals surface area contributed by atoms with Crippen LogP contribution in [0.2, 0.25) is 5.02 Å². The molecule has 0 saturated carbocycles. The third-order valence-electron chi connectivity index (χ3n) is 3.60. The molecule has 1 amide bonds. The molecule has 0 aliphatic carbocycles. The number of carbonyl (C=O) groups is 2. The fourth-order valence-electron chi connectivity index (χ4n) is 2.36. The van der Waals surface area contributed by atoms with Crippen molar-refractivity contribution in [3.63, 3.8) is 0 Å². The third kappa shape index (κ3) is 3.24. The lowest BCUT2D eigenvalue weighted by molar-refractivity contribution is -0.382. The minimum Gasteiger partial charge on any atom is -0.465 e. The van der Waals surface area contributed by atoms with Gasteiger partial charge in [0.25, 0.3) is 11.6 Å². The Morgan fingerprint density at radius 3 is 2.50 bits per heavy atom. The summed E-state index contributed by atoms with van der Waals surface area (Å²) >= 11 is 7.20. The summed E-state index contributed by atoms with van der Waals surface area (Å²) in [5.41, 5.74) is 0.697. The first-order valence-electron chi connectivity index (χ1n) is 7.27. The Morgan fingerprint density at radius 2 is 1.88 bits per heavy atom.